The minimum absolute atomic E-state index is 0.0913. The molecule has 0 saturated heterocycles. The average molecular weight is 348 g/mol. The van der Waals surface area contributed by atoms with Crippen molar-refractivity contribution in [1.29, 1.82) is 0 Å². The van der Waals surface area contributed by atoms with Crippen molar-refractivity contribution in [3.8, 4) is 11.5 Å². The van der Waals surface area contributed by atoms with E-state index in [4.69, 9.17) is 16.0 Å². The number of aromatic nitrogens is 2. The second-order valence-corrected chi connectivity index (χ2v) is 6.96. The van der Waals surface area contributed by atoms with Crippen molar-refractivity contribution in [2.24, 2.45) is 0 Å². The molecule has 0 fully saturated rings. The van der Waals surface area contributed by atoms with Gasteiger partial charge in [-0.15, -0.1) is 16.4 Å². The Morgan fingerprint density at radius 3 is 2.83 bits per heavy atom. The van der Waals surface area contributed by atoms with Crippen molar-refractivity contribution in [2.75, 3.05) is 5.32 Å². The van der Waals surface area contributed by atoms with Gasteiger partial charge in [-0.2, -0.15) is 0 Å². The third-order valence-corrected chi connectivity index (χ3v) is 4.49. The molecule has 0 aliphatic carbocycles. The Hall–Kier alpha value is -2.18. The molecule has 5 nitrogen and oxygen atoms in total. The molecular weight excluding hydrogens is 334 g/mol. The summed E-state index contributed by atoms with van der Waals surface area (Å²) in [4.78, 5) is 12.9. The molecule has 118 valence electrons. The van der Waals surface area contributed by atoms with Crippen LogP contribution in [0.3, 0.4) is 0 Å². The molecule has 0 bridgehead atoms. The fraction of sp³-hybridized carbons (Fsp3) is 0.188. The minimum Gasteiger partial charge on any atom is -0.403 e. The molecule has 0 aliphatic rings. The van der Waals surface area contributed by atoms with E-state index in [2.05, 4.69) is 15.5 Å². The van der Waals surface area contributed by atoms with E-state index >= 15 is 0 Å². The Morgan fingerprint density at radius 2 is 2.09 bits per heavy atom. The Morgan fingerprint density at radius 1 is 1.26 bits per heavy atom. The van der Waals surface area contributed by atoms with Crippen molar-refractivity contribution in [3.63, 3.8) is 0 Å². The van der Waals surface area contributed by atoms with Crippen molar-refractivity contribution in [3.05, 3.63) is 50.7 Å². The fourth-order valence-corrected chi connectivity index (χ4v) is 3.20. The van der Waals surface area contributed by atoms with Crippen LogP contribution in [0.25, 0.3) is 11.5 Å². The molecular formula is C16H14ClN3O2S. The van der Waals surface area contributed by atoms with Crippen LogP contribution in [0.5, 0.6) is 0 Å². The predicted octanol–water partition coefficient (Wildman–Crippen LogP) is 4.25. The Kier molecular flexibility index (Phi) is 4.45. The number of nitrogens with one attached hydrogen (secondary N) is 1. The Balaban J connectivity index is 1.72. The molecule has 3 aromatic rings. The summed E-state index contributed by atoms with van der Waals surface area (Å²) in [7, 11) is 0. The number of benzene rings is 1. The van der Waals surface area contributed by atoms with Gasteiger partial charge in [0.15, 0.2) is 0 Å². The summed E-state index contributed by atoms with van der Waals surface area (Å²) >= 11 is 7.22. The molecule has 3 rings (SSSR count). The number of carbonyl (C=O) groups excluding carboxylic acids is 1. The molecule has 1 N–H and O–H groups in total. The van der Waals surface area contributed by atoms with Crippen LogP contribution in [-0.2, 0) is 11.2 Å². The van der Waals surface area contributed by atoms with Crippen LogP contribution >= 0.6 is 22.9 Å². The van der Waals surface area contributed by atoms with Crippen LogP contribution < -0.4 is 5.32 Å². The number of aryl methyl sites for hydroxylation is 2. The fourth-order valence-electron chi connectivity index (χ4n) is 2.12. The van der Waals surface area contributed by atoms with Gasteiger partial charge in [0.05, 0.1) is 10.8 Å². The quantitative estimate of drug-likeness (QED) is 0.766. The van der Waals surface area contributed by atoms with Gasteiger partial charge in [-0.1, -0.05) is 34.4 Å². The van der Waals surface area contributed by atoms with Crippen LogP contribution in [-0.4, -0.2) is 16.1 Å². The van der Waals surface area contributed by atoms with Gasteiger partial charge in [0.1, 0.15) is 0 Å². The second-order valence-electron chi connectivity index (χ2n) is 5.16. The maximum Gasteiger partial charge on any atom is 0.322 e. The van der Waals surface area contributed by atoms with Crippen LogP contribution in [0.15, 0.2) is 34.7 Å². The van der Waals surface area contributed by atoms with Crippen LogP contribution in [0, 0.1) is 13.8 Å². The van der Waals surface area contributed by atoms with E-state index in [1.807, 2.05) is 38.1 Å². The van der Waals surface area contributed by atoms with Crippen molar-refractivity contribution in [2.45, 2.75) is 20.3 Å². The van der Waals surface area contributed by atoms with Gasteiger partial charge in [0.2, 0.25) is 11.8 Å². The van der Waals surface area contributed by atoms with E-state index in [-0.39, 0.29) is 18.3 Å². The van der Waals surface area contributed by atoms with Gasteiger partial charge in [-0.3, -0.25) is 10.1 Å². The summed E-state index contributed by atoms with van der Waals surface area (Å²) < 4.78 is 6.20. The number of nitrogens with zero attached hydrogens (tertiary/aromatic N) is 2. The summed E-state index contributed by atoms with van der Waals surface area (Å²) in [5.74, 6) is 0.167. The van der Waals surface area contributed by atoms with Gasteiger partial charge in [-0.25, -0.2) is 0 Å². The zero-order valence-corrected chi connectivity index (χ0v) is 14.2. The maximum absolute atomic E-state index is 12.0. The van der Waals surface area contributed by atoms with Crippen LogP contribution in [0.4, 0.5) is 6.01 Å². The zero-order chi connectivity index (χ0) is 16.4. The van der Waals surface area contributed by atoms with Crippen molar-refractivity contribution < 1.29 is 9.21 Å². The van der Waals surface area contributed by atoms with Crippen molar-refractivity contribution >= 4 is 34.9 Å². The van der Waals surface area contributed by atoms with Gasteiger partial charge in [-0.05, 0) is 37.6 Å². The lowest BCUT2D eigenvalue weighted by Gasteiger charge is -2.02. The van der Waals surface area contributed by atoms with Gasteiger partial charge >= 0.3 is 6.01 Å². The number of amides is 1. The molecule has 7 heteroatoms. The molecule has 0 atom stereocenters. The number of rotatable bonds is 4. The SMILES string of the molecule is Cc1ccc(C)c(-c2nnc(NC(=O)Cc3ccc(Cl)s3)o2)c1. The van der Waals surface area contributed by atoms with E-state index in [1.165, 1.54) is 11.3 Å². The topological polar surface area (TPSA) is 68.0 Å². The van der Waals surface area contributed by atoms with Crippen LogP contribution in [0.2, 0.25) is 4.34 Å². The first-order chi connectivity index (χ1) is 11.0. The minimum atomic E-state index is -0.223. The second kappa shape index (κ2) is 6.52. The highest BCUT2D eigenvalue weighted by atomic mass is 35.5. The first-order valence-electron chi connectivity index (χ1n) is 6.96. The lowest BCUT2D eigenvalue weighted by molar-refractivity contribution is -0.115. The Labute approximate surface area is 142 Å². The predicted molar refractivity (Wildman–Crippen MR) is 90.9 cm³/mol. The summed E-state index contributed by atoms with van der Waals surface area (Å²) in [5.41, 5.74) is 3.00. The van der Waals surface area contributed by atoms with E-state index in [0.29, 0.717) is 10.2 Å². The molecule has 0 saturated carbocycles. The third kappa shape index (κ3) is 3.78. The van der Waals surface area contributed by atoms with Crippen LogP contribution in [0.1, 0.15) is 16.0 Å². The normalized spacial score (nSPS) is 10.7. The van der Waals surface area contributed by atoms with Gasteiger partial charge < -0.3 is 4.42 Å². The van der Waals surface area contributed by atoms with E-state index in [1.54, 1.807) is 6.07 Å². The standard InChI is InChI=1S/C16H14ClN3O2S/c1-9-3-4-10(2)12(7-9)15-19-20-16(22-15)18-14(21)8-11-5-6-13(17)23-11/h3-7H,8H2,1-2H3,(H,18,20,21). The number of halogens is 1. The Bertz CT molecular complexity index is 857. The lowest BCUT2D eigenvalue weighted by atomic mass is 10.1. The molecule has 1 amide bonds. The van der Waals surface area contributed by atoms with Gasteiger partial charge in [0, 0.05) is 10.4 Å². The molecule has 2 heterocycles. The molecule has 0 aliphatic heterocycles. The van der Waals surface area contributed by atoms with Crippen molar-refractivity contribution in [1.82, 2.24) is 10.2 Å². The number of carbonyl (C=O) groups is 1. The van der Waals surface area contributed by atoms with E-state index in [9.17, 15) is 4.79 Å². The highest BCUT2D eigenvalue weighted by molar-refractivity contribution is 7.16. The number of anilines is 1. The highest BCUT2D eigenvalue weighted by Gasteiger charge is 2.14. The summed E-state index contributed by atoms with van der Waals surface area (Å²) in [6.45, 7) is 3.96. The van der Waals surface area contributed by atoms with E-state index < -0.39 is 0 Å². The number of hydrogen-bond acceptors (Lipinski definition) is 5. The summed E-state index contributed by atoms with van der Waals surface area (Å²) in [6, 6.07) is 9.66. The first kappa shape index (κ1) is 15.7. The third-order valence-electron chi connectivity index (χ3n) is 3.26. The van der Waals surface area contributed by atoms with Gasteiger partial charge in [0.25, 0.3) is 0 Å². The first-order valence-corrected chi connectivity index (χ1v) is 8.16. The zero-order valence-electron chi connectivity index (χ0n) is 12.6. The summed E-state index contributed by atoms with van der Waals surface area (Å²) in [6.07, 6.45) is 0.221. The average Bonchev–Trinajstić information content (AvgIpc) is 3.11. The monoisotopic (exact) mass is 347 g/mol. The smallest absolute Gasteiger partial charge is 0.322 e. The molecule has 0 unspecified atom stereocenters. The maximum atomic E-state index is 12.0. The molecule has 2 aromatic heterocycles. The number of thiophene rings is 1. The molecule has 23 heavy (non-hydrogen) atoms. The lowest BCUT2D eigenvalue weighted by Crippen LogP contribution is -2.13. The van der Waals surface area contributed by atoms with E-state index in [0.717, 1.165) is 21.6 Å². The molecule has 0 radical (unpaired) electrons. The number of hydrogen-bond donors (Lipinski definition) is 1. The highest BCUT2D eigenvalue weighted by Crippen LogP contribution is 2.25. The molecule has 0 spiro atoms. The molecule has 1 aromatic carbocycles. The summed E-state index contributed by atoms with van der Waals surface area (Å²) in [5, 5.41) is 10.5. The largest absolute Gasteiger partial charge is 0.403 e.